The molecule has 1 atom stereocenters. The third kappa shape index (κ3) is 4.48. The van der Waals surface area contributed by atoms with Crippen molar-refractivity contribution in [3.63, 3.8) is 0 Å². The Balaban J connectivity index is 1.96. The second-order valence-corrected chi connectivity index (χ2v) is 5.13. The Bertz CT molecular complexity index is 608. The molecule has 0 fully saturated rings. The quantitative estimate of drug-likeness (QED) is 0.829. The van der Waals surface area contributed by atoms with Crippen molar-refractivity contribution >= 4 is 17.6 Å². The first-order valence-corrected chi connectivity index (χ1v) is 7.21. The number of hydrogen-bond donors (Lipinski definition) is 1. The smallest absolute Gasteiger partial charge is 0.308 e. The van der Waals surface area contributed by atoms with Crippen LogP contribution in [0.5, 0.6) is 5.75 Å². The second kappa shape index (κ2) is 7.82. The molecule has 0 bridgehead atoms. The van der Waals surface area contributed by atoms with Gasteiger partial charge in [-0.25, -0.2) is 0 Å². The van der Waals surface area contributed by atoms with Crippen LogP contribution in [-0.2, 0) is 9.53 Å². The van der Waals surface area contributed by atoms with Crippen molar-refractivity contribution in [1.82, 2.24) is 0 Å². The zero-order chi connectivity index (χ0) is 15.9. The SMILES string of the molecule is COC(=O)CCOc1ccc(C(O)c2ccc(Cl)cc2)cc1. The molecule has 0 spiro atoms. The third-order valence-electron chi connectivity index (χ3n) is 3.18. The number of aliphatic hydroxyl groups excluding tert-OH is 1. The van der Waals surface area contributed by atoms with Gasteiger partial charge < -0.3 is 14.6 Å². The molecule has 116 valence electrons. The minimum atomic E-state index is -0.721. The van der Waals surface area contributed by atoms with E-state index in [0.717, 1.165) is 11.1 Å². The average molecular weight is 321 g/mol. The van der Waals surface area contributed by atoms with Crippen molar-refractivity contribution in [2.24, 2.45) is 0 Å². The third-order valence-corrected chi connectivity index (χ3v) is 3.44. The van der Waals surface area contributed by atoms with E-state index in [0.29, 0.717) is 10.8 Å². The normalized spacial score (nSPS) is 11.8. The van der Waals surface area contributed by atoms with E-state index in [2.05, 4.69) is 4.74 Å². The summed E-state index contributed by atoms with van der Waals surface area (Å²) in [5.41, 5.74) is 1.52. The molecule has 1 N–H and O–H groups in total. The van der Waals surface area contributed by atoms with Crippen molar-refractivity contribution in [2.45, 2.75) is 12.5 Å². The van der Waals surface area contributed by atoms with Crippen molar-refractivity contribution in [3.05, 3.63) is 64.7 Å². The molecule has 5 heteroatoms. The van der Waals surface area contributed by atoms with Crippen LogP contribution in [0.4, 0.5) is 0 Å². The molecule has 22 heavy (non-hydrogen) atoms. The Labute approximate surface area is 134 Å². The fraction of sp³-hybridized carbons (Fsp3) is 0.235. The lowest BCUT2D eigenvalue weighted by Crippen LogP contribution is -2.07. The van der Waals surface area contributed by atoms with Crippen LogP contribution >= 0.6 is 11.6 Å². The molecule has 2 rings (SSSR count). The molecular weight excluding hydrogens is 304 g/mol. The number of carbonyl (C=O) groups excluding carboxylic acids is 1. The largest absolute Gasteiger partial charge is 0.493 e. The first kappa shape index (κ1) is 16.3. The van der Waals surface area contributed by atoms with E-state index in [1.54, 1.807) is 48.5 Å². The Hall–Kier alpha value is -2.04. The number of methoxy groups -OCH3 is 1. The molecule has 0 amide bonds. The van der Waals surface area contributed by atoms with Gasteiger partial charge in [-0.15, -0.1) is 0 Å². The molecule has 0 saturated heterocycles. The fourth-order valence-corrected chi connectivity index (χ4v) is 2.06. The second-order valence-electron chi connectivity index (χ2n) is 4.70. The van der Waals surface area contributed by atoms with Crippen LogP contribution in [0.2, 0.25) is 5.02 Å². The maximum atomic E-state index is 11.0. The number of carbonyl (C=O) groups is 1. The summed E-state index contributed by atoms with van der Waals surface area (Å²) in [6.45, 7) is 0.256. The highest BCUT2D eigenvalue weighted by atomic mass is 35.5. The van der Waals surface area contributed by atoms with Crippen LogP contribution in [0.25, 0.3) is 0 Å². The summed E-state index contributed by atoms with van der Waals surface area (Å²) in [5, 5.41) is 10.9. The van der Waals surface area contributed by atoms with Gasteiger partial charge in [-0.1, -0.05) is 35.9 Å². The van der Waals surface area contributed by atoms with Gasteiger partial charge >= 0.3 is 5.97 Å². The monoisotopic (exact) mass is 320 g/mol. The first-order valence-electron chi connectivity index (χ1n) is 6.83. The first-order chi connectivity index (χ1) is 10.6. The van der Waals surface area contributed by atoms with Gasteiger partial charge in [-0.2, -0.15) is 0 Å². The summed E-state index contributed by atoms with van der Waals surface area (Å²) in [7, 11) is 1.34. The van der Waals surface area contributed by atoms with Crippen LogP contribution in [0.1, 0.15) is 23.7 Å². The minimum Gasteiger partial charge on any atom is -0.493 e. The van der Waals surface area contributed by atoms with Crippen LogP contribution in [0.3, 0.4) is 0 Å². The molecule has 0 aliphatic heterocycles. The molecule has 2 aromatic carbocycles. The number of aliphatic hydroxyl groups is 1. The van der Waals surface area contributed by atoms with Gasteiger partial charge in [0.15, 0.2) is 0 Å². The maximum Gasteiger partial charge on any atom is 0.308 e. The van der Waals surface area contributed by atoms with Gasteiger partial charge in [-0.3, -0.25) is 4.79 Å². The van der Waals surface area contributed by atoms with E-state index in [1.165, 1.54) is 7.11 Å². The molecule has 0 aliphatic carbocycles. The highest BCUT2D eigenvalue weighted by molar-refractivity contribution is 6.30. The minimum absolute atomic E-state index is 0.200. The topological polar surface area (TPSA) is 55.8 Å². The van der Waals surface area contributed by atoms with Crippen molar-refractivity contribution in [1.29, 1.82) is 0 Å². The molecule has 0 saturated carbocycles. The number of benzene rings is 2. The summed E-state index contributed by atoms with van der Waals surface area (Å²) < 4.78 is 9.97. The van der Waals surface area contributed by atoms with E-state index in [9.17, 15) is 9.90 Å². The van der Waals surface area contributed by atoms with Crippen molar-refractivity contribution < 1.29 is 19.4 Å². The van der Waals surface area contributed by atoms with Gasteiger partial charge in [0.1, 0.15) is 11.9 Å². The molecule has 4 nitrogen and oxygen atoms in total. The lowest BCUT2D eigenvalue weighted by molar-refractivity contribution is -0.141. The number of rotatable bonds is 6. The Kier molecular flexibility index (Phi) is 5.81. The fourth-order valence-electron chi connectivity index (χ4n) is 1.94. The number of esters is 1. The molecule has 0 radical (unpaired) electrons. The van der Waals surface area contributed by atoms with Crippen LogP contribution in [-0.4, -0.2) is 24.8 Å². The summed E-state index contributed by atoms with van der Waals surface area (Å²) in [6, 6.07) is 14.1. The number of ether oxygens (including phenoxy) is 2. The van der Waals surface area contributed by atoms with E-state index in [4.69, 9.17) is 16.3 Å². The highest BCUT2D eigenvalue weighted by Crippen LogP contribution is 2.25. The van der Waals surface area contributed by atoms with Gasteiger partial charge in [0, 0.05) is 5.02 Å². The van der Waals surface area contributed by atoms with Crippen LogP contribution < -0.4 is 4.74 Å². The van der Waals surface area contributed by atoms with E-state index in [-0.39, 0.29) is 19.0 Å². The van der Waals surface area contributed by atoms with E-state index in [1.807, 2.05) is 0 Å². The van der Waals surface area contributed by atoms with Gasteiger partial charge in [0.25, 0.3) is 0 Å². The summed E-state index contributed by atoms with van der Waals surface area (Å²) in [6.07, 6.45) is -0.521. The summed E-state index contributed by atoms with van der Waals surface area (Å²) in [5.74, 6) is 0.325. The predicted molar refractivity (Wildman–Crippen MR) is 84.1 cm³/mol. The van der Waals surface area contributed by atoms with Crippen molar-refractivity contribution in [3.8, 4) is 5.75 Å². The number of hydrogen-bond acceptors (Lipinski definition) is 4. The summed E-state index contributed by atoms with van der Waals surface area (Å²) >= 11 is 5.83. The molecule has 2 aromatic rings. The summed E-state index contributed by atoms with van der Waals surface area (Å²) in [4.78, 5) is 11.0. The average Bonchev–Trinajstić information content (AvgIpc) is 2.55. The molecular formula is C17H17ClO4. The lowest BCUT2D eigenvalue weighted by Gasteiger charge is -2.12. The van der Waals surface area contributed by atoms with Gasteiger partial charge in [-0.05, 0) is 35.4 Å². The Morgan fingerprint density at radius 1 is 1.09 bits per heavy atom. The number of halogens is 1. The zero-order valence-electron chi connectivity index (χ0n) is 12.2. The van der Waals surface area contributed by atoms with E-state index >= 15 is 0 Å². The van der Waals surface area contributed by atoms with Gasteiger partial charge in [0.2, 0.25) is 0 Å². The van der Waals surface area contributed by atoms with E-state index < -0.39 is 6.10 Å². The highest BCUT2D eigenvalue weighted by Gasteiger charge is 2.10. The lowest BCUT2D eigenvalue weighted by atomic mass is 10.0. The Morgan fingerprint density at radius 3 is 2.18 bits per heavy atom. The molecule has 0 heterocycles. The molecule has 1 unspecified atom stereocenters. The standard InChI is InChI=1S/C17H17ClO4/c1-21-16(19)10-11-22-15-8-4-13(5-9-15)17(20)12-2-6-14(18)7-3-12/h2-9,17,20H,10-11H2,1H3. The van der Waals surface area contributed by atoms with Crippen LogP contribution in [0.15, 0.2) is 48.5 Å². The molecule has 0 aliphatic rings. The van der Waals surface area contributed by atoms with Gasteiger partial charge in [0.05, 0.1) is 20.1 Å². The predicted octanol–water partition coefficient (Wildman–Crippen LogP) is 3.36. The van der Waals surface area contributed by atoms with Crippen molar-refractivity contribution in [2.75, 3.05) is 13.7 Å². The zero-order valence-corrected chi connectivity index (χ0v) is 12.9. The maximum absolute atomic E-state index is 11.0. The molecule has 0 aromatic heterocycles. The Morgan fingerprint density at radius 2 is 1.64 bits per heavy atom. The van der Waals surface area contributed by atoms with Crippen LogP contribution in [0, 0.1) is 0 Å².